The maximum Gasteiger partial charge on any atom is 0.416 e. The van der Waals surface area contributed by atoms with Crippen LogP contribution in [0.1, 0.15) is 53.6 Å². The van der Waals surface area contributed by atoms with Gasteiger partial charge in [-0.25, -0.2) is 0 Å². The standard InChI is InChI=1S/C26H28Cl2F3N3O/c1-4-17-7-6-8-20-19(17)12-24(5-2,15-35-3)34-25(20,11-16-13-32-33-14-16)23-21(27)9-18(10-22(23)28)26(29,30)31/h6-10,13-14,34H,4-5,11-12,15H2,1-3H3,(H,32,33). The van der Waals surface area contributed by atoms with Gasteiger partial charge in [0.05, 0.1) is 23.9 Å². The molecule has 9 heteroatoms. The SMILES string of the molecule is CCc1cccc2c1CC(CC)(COC)NC2(Cc1cn[nH]c1)c1c(Cl)cc(C(F)(F)F)cc1Cl. The molecule has 0 saturated carbocycles. The Bertz CT molecular complexity index is 1180. The molecule has 2 aromatic carbocycles. The predicted octanol–water partition coefficient (Wildman–Crippen LogP) is 6.72. The molecule has 35 heavy (non-hydrogen) atoms. The molecule has 4 rings (SSSR count). The molecule has 2 unspecified atom stereocenters. The number of rotatable bonds is 7. The van der Waals surface area contributed by atoms with E-state index in [0.29, 0.717) is 25.0 Å². The summed E-state index contributed by atoms with van der Waals surface area (Å²) < 4.78 is 46.4. The van der Waals surface area contributed by atoms with Gasteiger partial charge in [0.25, 0.3) is 0 Å². The number of hydrogen-bond acceptors (Lipinski definition) is 3. The summed E-state index contributed by atoms with van der Waals surface area (Å²) in [7, 11) is 1.65. The molecule has 0 aliphatic carbocycles. The third-order valence-corrected chi connectivity index (χ3v) is 7.62. The molecule has 1 aliphatic rings. The van der Waals surface area contributed by atoms with Crippen LogP contribution in [0.3, 0.4) is 0 Å². The van der Waals surface area contributed by atoms with Crippen molar-refractivity contribution >= 4 is 23.2 Å². The lowest BCUT2D eigenvalue weighted by Crippen LogP contribution is -2.64. The first-order valence-electron chi connectivity index (χ1n) is 11.5. The minimum absolute atomic E-state index is 0.0435. The van der Waals surface area contributed by atoms with E-state index >= 15 is 0 Å². The Morgan fingerprint density at radius 1 is 1.14 bits per heavy atom. The van der Waals surface area contributed by atoms with Gasteiger partial charge in [-0.2, -0.15) is 18.3 Å². The first-order valence-corrected chi connectivity index (χ1v) is 12.3. The summed E-state index contributed by atoms with van der Waals surface area (Å²) in [6.45, 7) is 4.57. The number of halogens is 5. The van der Waals surface area contributed by atoms with Gasteiger partial charge < -0.3 is 4.74 Å². The summed E-state index contributed by atoms with van der Waals surface area (Å²) >= 11 is 13.4. The molecule has 0 bridgehead atoms. The number of aromatic nitrogens is 2. The van der Waals surface area contributed by atoms with Crippen LogP contribution in [-0.2, 0) is 35.7 Å². The fourth-order valence-corrected chi connectivity index (χ4v) is 6.22. The fraction of sp³-hybridized carbons (Fsp3) is 0.423. The highest BCUT2D eigenvalue weighted by atomic mass is 35.5. The monoisotopic (exact) mass is 525 g/mol. The van der Waals surface area contributed by atoms with Crippen LogP contribution in [0.4, 0.5) is 13.2 Å². The van der Waals surface area contributed by atoms with Crippen molar-refractivity contribution in [3.05, 3.63) is 86.2 Å². The molecule has 4 nitrogen and oxygen atoms in total. The van der Waals surface area contributed by atoms with E-state index in [2.05, 4.69) is 35.4 Å². The first-order chi connectivity index (χ1) is 16.6. The number of benzene rings is 2. The van der Waals surface area contributed by atoms with Crippen molar-refractivity contribution < 1.29 is 17.9 Å². The Morgan fingerprint density at radius 3 is 2.40 bits per heavy atom. The minimum Gasteiger partial charge on any atom is -0.383 e. The average molecular weight is 526 g/mol. The molecular weight excluding hydrogens is 498 g/mol. The number of fused-ring (bicyclic) bond motifs is 1. The van der Waals surface area contributed by atoms with E-state index in [1.54, 1.807) is 19.5 Å². The van der Waals surface area contributed by atoms with Gasteiger partial charge in [-0.05, 0) is 53.6 Å². The zero-order valence-electron chi connectivity index (χ0n) is 19.8. The van der Waals surface area contributed by atoms with Gasteiger partial charge in [-0.1, -0.05) is 55.2 Å². The molecule has 0 spiro atoms. The van der Waals surface area contributed by atoms with Crippen molar-refractivity contribution in [2.75, 3.05) is 13.7 Å². The lowest BCUT2D eigenvalue weighted by molar-refractivity contribution is -0.137. The zero-order chi connectivity index (χ0) is 25.4. The molecule has 0 saturated heterocycles. The number of nitrogens with zero attached hydrogens (tertiary/aromatic N) is 1. The topological polar surface area (TPSA) is 49.9 Å². The number of aryl methyl sites for hydroxylation is 1. The van der Waals surface area contributed by atoms with Crippen LogP contribution in [0.25, 0.3) is 0 Å². The Hall–Kier alpha value is -2.06. The number of alkyl halides is 3. The molecule has 2 atom stereocenters. The van der Waals surface area contributed by atoms with Crippen molar-refractivity contribution in [1.29, 1.82) is 0 Å². The molecule has 1 aromatic heterocycles. The maximum absolute atomic E-state index is 13.6. The van der Waals surface area contributed by atoms with Gasteiger partial charge in [0.2, 0.25) is 0 Å². The molecule has 0 radical (unpaired) electrons. The van der Waals surface area contributed by atoms with Crippen molar-refractivity contribution in [3.63, 3.8) is 0 Å². The van der Waals surface area contributed by atoms with E-state index in [9.17, 15) is 13.2 Å². The first kappa shape index (κ1) is 26.0. The van der Waals surface area contributed by atoms with E-state index in [1.807, 2.05) is 12.1 Å². The van der Waals surface area contributed by atoms with Crippen molar-refractivity contribution in [1.82, 2.24) is 15.5 Å². The van der Waals surface area contributed by atoms with Crippen LogP contribution in [0.2, 0.25) is 10.0 Å². The Labute approximate surface area is 213 Å². The van der Waals surface area contributed by atoms with Crippen LogP contribution in [-0.4, -0.2) is 29.5 Å². The number of hydrogen-bond donors (Lipinski definition) is 2. The zero-order valence-corrected chi connectivity index (χ0v) is 21.3. The smallest absolute Gasteiger partial charge is 0.383 e. The number of methoxy groups -OCH3 is 1. The summed E-state index contributed by atoms with van der Waals surface area (Å²) in [5.41, 5.74) is 2.15. The summed E-state index contributed by atoms with van der Waals surface area (Å²) in [4.78, 5) is 0. The molecule has 2 heterocycles. The Balaban J connectivity index is 2.08. The summed E-state index contributed by atoms with van der Waals surface area (Å²) in [6, 6.07) is 8.01. The van der Waals surface area contributed by atoms with Crippen LogP contribution < -0.4 is 5.32 Å². The highest BCUT2D eigenvalue weighted by molar-refractivity contribution is 6.36. The van der Waals surface area contributed by atoms with Gasteiger partial charge in [-0.3, -0.25) is 10.4 Å². The molecule has 3 aromatic rings. The fourth-order valence-electron chi connectivity index (χ4n) is 5.41. The van der Waals surface area contributed by atoms with Crippen LogP contribution in [0, 0.1) is 0 Å². The second-order valence-corrected chi connectivity index (χ2v) is 9.98. The number of aromatic amines is 1. The molecular formula is C26H28Cl2F3N3O. The van der Waals surface area contributed by atoms with Crippen molar-refractivity contribution in [2.45, 2.75) is 56.8 Å². The van der Waals surface area contributed by atoms with E-state index in [1.165, 1.54) is 5.56 Å². The Morgan fingerprint density at radius 2 is 1.86 bits per heavy atom. The van der Waals surface area contributed by atoms with Gasteiger partial charge in [-0.15, -0.1) is 0 Å². The second kappa shape index (κ2) is 9.77. The quantitative estimate of drug-likeness (QED) is 0.359. The van der Waals surface area contributed by atoms with Crippen molar-refractivity contribution in [3.8, 4) is 0 Å². The van der Waals surface area contributed by atoms with Gasteiger partial charge in [0.1, 0.15) is 0 Å². The number of nitrogens with one attached hydrogen (secondary N) is 2. The number of ether oxygens (including phenoxy) is 1. The normalized spacial score (nSPS) is 22.3. The Kier molecular flexibility index (Phi) is 7.26. The van der Waals surface area contributed by atoms with Crippen LogP contribution in [0.15, 0.2) is 42.7 Å². The van der Waals surface area contributed by atoms with E-state index in [-0.39, 0.29) is 10.0 Å². The lowest BCUT2D eigenvalue weighted by Gasteiger charge is -2.51. The highest BCUT2D eigenvalue weighted by Crippen LogP contribution is 2.49. The van der Waals surface area contributed by atoms with Gasteiger partial charge in [0, 0.05) is 40.9 Å². The summed E-state index contributed by atoms with van der Waals surface area (Å²) in [6.07, 6.45) is 1.53. The van der Waals surface area contributed by atoms with Crippen LogP contribution >= 0.6 is 23.2 Å². The van der Waals surface area contributed by atoms with E-state index in [0.717, 1.165) is 41.7 Å². The minimum atomic E-state index is -4.57. The molecule has 1 aliphatic heterocycles. The average Bonchev–Trinajstić information content (AvgIpc) is 3.30. The van der Waals surface area contributed by atoms with E-state index < -0.39 is 22.8 Å². The molecule has 0 amide bonds. The lowest BCUT2D eigenvalue weighted by atomic mass is 9.67. The van der Waals surface area contributed by atoms with Gasteiger partial charge in [0.15, 0.2) is 0 Å². The maximum atomic E-state index is 13.6. The van der Waals surface area contributed by atoms with Gasteiger partial charge >= 0.3 is 6.18 Å². The van der Waals surface area contributed by atoms with Crippen LogP contribution in [0.5, 0.6) is 0 Å². The van der Waals surface area contributed by atoms with E-state index in [4.69, 9.17) is 27.9 Å². The number of H-pyrrole nitrogens is 1. The summed E-state index contributed by atoms with van der Waals surface area (Å²) in [5.74, 6) is 0. The summed E-state index contributed by atoms with van der Waals surface area (Å²) in [5, 5.41) is 10.7. The molecule has 0 fully saturated rings. The molecule has 188 valence electrons. The molecule has 2 N–H and O–H groups in total. The third kappa shape index (κ3) is 4.71. The largest absolute Gasteiger partial charge is 0.416 e. The highest BCUT2D eigenvalue weighted by Gasteiger charge is 2.50. The second-order valence-electron chi connectivity index (χ2n) is 9.17. The third-order valence-electron chi connectivity index (χ3n) is 7.03. The van der Waals surface area contributed by atoms with Crippen molar-refractivity contribution in [2.24, 2.45) is 0 Å². The predicted molar refractivity (Wildman–Crippen MR) is 132 cm³/mol.